The summed E-state index contributed by atoms with van der Waals surface area (Å²) in [5.41, 5.74) is 2.87. The summed E-state index contributed by atoms with van der Waals surface area (Å²) < 4.78 is 4.92. The molecule has 1 unspecified atom stereocenters. The monoisotopic (exact) mass is 485 g/mol. The normalized spacial score (nSPS) is 15.3. The largest absolute Gasteiger partial charge is 0.480 e. The molecule has 3 aromatic carbocycles. The van der Waals surface area contributed by atoms with E-state index in [1.54, 1.807) is 20.8 Å². The number of aliphatic carboxylic acids is 1. The van der Waals surface area contributed by atoms with Crippen molar-refractivity contribution in [3.05, 3.63) is 95.6 Å². The van der Waals surface area contributed by atoms with Crippen LogP contribution in [0.2, 0.25) is 0 Å². The Labute approximate surface area is 211 Å². The molecule has 0 bridgehead atoms. The van der Waals surface area contributed by atoms with Crippen LogP contribution >= 0.6 is 0 Å². The Bertz CT molecular complexity index is 1250. The van der Waals surface area contributed by atoms with Gasteiger partial charge in [0.2, 0.25) is 0 Å². The van der Waals surface area contributed by atoms with Gasteiger partial charge in [-0.05, 0) is 34.2 Å². The van der Waals surface area contributed by atoms with Gasteiger partial charge in [-0.15, -0.1) is 0 Å². The smallest absolute Gasteiger partial charge is 0.320 e. The van der Waals surface area contributed by atoms with Gasteiger partial charge in [0.05, 0.1) is 12.6 Å². The van der Waals surface area contributed by atoms with Crippen LogP contribution in [0, 0.1) is 11.3 Å². The number of esters is 1. The van der Waals surface area contributed by atoms with Crippen molar-refractivity contribution in [1.82, 2.24) is 5.32 Å². The van der Waals surface area contributed by atoms with Gasteiger partial charge in [-0.2, -0.15) is 0 Å². The lowest BCUT2D eigenvalue weighted by atomic mass is 9.77. The molecule has 0 saturated heterocycles. The zero-order chi connectivity index (χ0) is 26.1. The number of hydrogen-bond donors (Lipinski definition) is 2. The lowest BCUT2D eigenvalue weighted by Crippen LogP contribution is -2.53. The number of carbonyl (C=O) groups is 3. The molecule has 0 amide bonds. The van der Waals surface area contributed by atoms with Crippen molar-refractivity contribution in [3.8, 4) is 11.1 Å². The summed E-state index contributed by atoms with van der Waals surface area (Å²) >= 11 is 0. The van der Waals surface area contributed by atoms with Gasteiger partial charge >= 0.3 is 11.9 Å². The first-order chi connectivity index (χ1) is 17.1. The number of fused-ring (bicyclic) bond motifs is 3. The summed E-state index contributed by atoms with van der Waals surface area (Å²) in [6.45, 7) is 5.14. The Morgan fingerprint density at radius 2 is 1.36 bits per heavy atom. The van der Waals surface area contributed by atoms with E-state index in [4.69, 9.17) is 4.74 Å². The number of Topliss-reactive ketones (excluding diaryl/α,β-unsaturated/α-hetero) is 1. The molecule has 0 fully saturated rings. The van der Waals surface area contributed by atoms with Gasteiger partial charge in [0.1, 0.15) is 12.0 Å². The third-order valence-corrected chi connectivity index (χ3v) is 6.86. The number of rotatable bonds is 8. The lowest BCUT2D eigenvalue weighted by Gasteiger charge is -2.37. The molecule has 0 heterocycles. The van der Waals surface area contributed by atoms with Gasteiger partial charge in [0.25, 0.3) is 0 Å². The molecule has 4 rings (SSSR count). The molecule has 1 aliphatic carbocycles. The van der Waals surface area contributed by atoms with Crippen molar-refractivity contribution in [2.75, 3.05) is 7.11 Å². The van der Waals surface area contributed by atoms with Gasteiger partial charge in [-0.3, -0.25) is 19.7 Å². The number of carbonyl (C=O) groups excluding carboxylic acids is 2. The van der Waals surface area contributed by atoms with Gasteiger partial charge in [0.15, 0.2) is 5.78 Å². The SMILES string of the molecule is COC(=O)C(C[C@H](NC1(c2ccccc2)c2ccccc2-c2ccccc21)C(=O)O)C(=O)C(C)(C)C. The molecule has 3 aromatic rings. The van der Waals surface area contributed by atoms with Crippen molar-refractivity contribution in [1.29, 1.82) is 0 Å². The van der Waals surface area contributed by atoms with Crippen molar-refractivity contribution in [3.63, 3.8) is 0 Å². The predicted molar refractivity (Wildman–Crippen MR) is 137 cm³/mol. The molecule has 186 valence electrons. The standard InChI is InChI=1S/C30H31NO5/c1-29(2,3)26(32)22(28(35)36-4)18-25(27(33)34)31-30(19-12-6-5-7-13-19)23-16-10-8-14-20(23)21-15-9-11-17-24(21)30/h5-17,22,25,31H,18H2,1-4H3,(H,33,34)/t22?,25-/m0/s1. The minimum absolute atomic E-state index is 0.239. The summed E-state index contributed by atoms with van der Waals surface area (Å²) in [5, 5.41) is 13.8. The third-order valence-electron chi connectivity index (χ3n) is 6.86. The minimum Gasteiger partial charge on any atom is -0.480 e. The molecule has 0 saturated carbocycles. The van der Waals surface area contributed by atoms with Gasteiger partial charge < -0.3 is 9.84 Å². The van der Waals surface area contributed by atoms with E-state index < -0.39 is 34.9 Å². The summed E-state index contributed by atoms with van der Waals surface area (Å²) in [6, 6.07) is 24.3. The Kier molecular flexibility index (Phi) is 6.83. The van der Waals surface area contributed by atoms with Crippen LogP contribution in [0.25, 0.3) is 11.1 Å². The highest BCUT2D eigenvalue weighted by Gasteiger charge is 2.48. The third kappa shape index (κ3) is 4.33. The zero-order valence-corrected chi connectivity index (χ0v) is 20.9. The van der Waals surface area contributed by atoms with Crippen LogP contribution in [0.1, 0.15) is 43.9 Å². The number of benzene rings is 3. The second kappa shape index (κ2) is 9.70. The van der Waals surface area contributed by atoms with Crippen LogP contribution in [-0.4, -0.2) is 36.0 Å². The molecule has 6 nitrogen and oxygen atoms in total. The van der Waals surface area contributed by atoms with E-state index >= 15 is 0 Å². The van der Waals surface area contributed by atoms with Crippen molar-refractivity contribution in [2.24, 2.45) is 11.3 Å². The lowest BCUT2D eigenvalue weighted by molar-refractivity contribution is -0.153. The van der Waals surface area contributed by atoms with Crippen LogP contribution in [0.5, 0.6) is 0 Å². The van der Waals surface area contributed by atoms with E-state index in [1.807, 2.05) is 78.9 Å². The number of ether oxygens (including phenoxy) is 1. The molecule has 36 heavy (non-hydrogen) atoms. The fourth-order valence-corrected chi connectivity index (χ4v) is 5.17. The van der Waals surface area contributed by atoms with Crippen molar-refractivity contribution < 1.29 is 24.2 Å². The van der Waals surface area contributed by atoms with Gasteiger partial charge in [0, 0.05) is 5.41 Å². The summed E-state index contributed by atoms with van der Waals surface area (Å²) in [4.78, 5) is 38.5. The second-order valence-electron chi connectivity index (χ2n) is 10.2. The highest BCUT2D eigenvalue weighted by Crippen LogP contribution is 2.51. The highest BCUT2D eigenvalue weighted by molar-refractivity contribution is 6.02. The van der Waals surface area contributed by atoms with Gasteiger partial charge in [-0.25, -0.2) is 0 Å². The van der Waals surface area contributed by atoms with Crippen LogP contribution in [0.3, 0.4) is 0 Å². The maximum absolute atomic E-state index is 13.2. The number of carboxylic acids is 1. The second-order valence-corrected chi connectivity index (χ2v) is 10.2. The topological polar surface area (TPSA) is 92.7 Å². The molecule has 2 N–H and O–H groups in total. The fraction of sp³-hybridized carbons (Fsp3) is 0.300. The molecule has 0 spiro atoms. The average molecular weight is 486 g/mol. The molecule has 1 aliphatic rings. The van der Waals surface area contributed by atoms with Crippen LogP contribution in [0.4, 0.5) is 0 Å². The molecule has 6 heteroatoms. The zero-order valence-electron chi connectivity index (χ0n) is 20.9. The Balaban J connectivity index is 1.88. The first-order valence-electron chi connectivity index (χ1n) is 12.0. The number of carboxylic acid groups (broad SMARTS) is 1. The number of methoxy groups -OCH3 is 1. The maximum atomic E-state index is 13.2. The highest BCUT2D eigenvalue weighted by atomic mass is 16.5. The quantitative estimate of drug-likeness (QED) is 0.352. The van der Waals surface area contributed by atoms with Crippen LogP contribution in [-0.2, 0) is 24.7 Å². The summed E-state index contributed by atoms with van der Waals surface area (Å²) in [6.07, 6.45) is -0.239. The predicted octanol–water partition coefficient (Wildman–Crippen LogP) is 4.80. The van der Waals surface area contributed by atoms with E-state index in [0.29, 0.717) is 0 Å². The maximum Gasteiger partial charge on any atom is 0.320 e. The molecular weight excluding hydrogens is 454 g/mol. The van der Waals surface area contributed by atoms with E-state index in [1.165, 1.54) is 7.11 Å². The van der Waals surface area contributed by atoms with E-state index in [9.17, 15) is 19.5 Å². The minimum atomic E-state index is -1.22. The number of hydrogen-bond acceptors (Lipinski definition) is 5. The first kappa shape index (κ1) is 25.3. The Hall–Kier alpha value is -3.77. The number of ketones is 1. The van der Waals surface area contributed by atoms with Crippen LogP contribution in [0.15, 0.2) is 78.9 Å². The van der Waals surface area contributed by atoms with Crippen LogP contribution < -0.4 is 5.32 Å². The first-order valence-corrected chi connectivity index (χ1v) is 12.0. The van der Waals surface area contributed by atoms with Gasteiger partial charge in [-0.1, -0.05) is 99.6 Å². The number of nitrogens with one attached hydrogen (secondary N) is 1. The molecule has 0 radical (unpaired) electrons. The van der Waals surface area contributed by atoms with E-state index in [0.717, 1.165) is 27.8 Å². The summed E-state index contributed by atoms with van der Waals surface area (Å²) in [7, 11) is 1.21. The average Bonchev–Trinajstić information content (AvgIpc) is 3.16. The molecule has 2 atom stereocenters. The Morgan fingerprint density at radius 3 is 1.83 bits per heavy atom. The van der Waals surface area contributed by atoms with E-state index in [2.05, 4.69) is 5.32 Å². The molecule has 0 aliphatic heterocycles. The fourth-order valence-electron chi connectivity index (χ4n) is 5.17. The Morgan fingerprint density at radius 1 is 0.861 bits per heavy atom. The van der Waals surface area contributed by atoms with Crippen molar-refractivity contribution in [2.45, 2.75) is 38.8 Å². The molecular formula is C30H31NO5. The van der Waals surface area contributed by atoms with E-state index in [-0.39, 0.29) is 12.2 Å². The summed E-state index contributed by atoms with van der Waals surface area (Å²) in [5.74, 6) is -3.46. The molecule has 0 aromatic heterocycles. The van der Waals surface area contributed by atoms with Crippen molar-refractivity contribution >= 4 is 17.7 Å².